The molecule has 0 N–H and O–H groups in total. The Hall–Kier alpha value is -0.0800. The lowest BCUT2D eigenvalue weighted by atomic mass is 9.96. The summed E-state index contributed by atoms with van der Waals surface area (Å²) in [7, 11) is 0. The zero-order chi connectivity index (χ0) is 10.7. The van der Waals surface area contributed by atoms with Gasteiger partial charge in [0, 0.05) is 9.85 Å². The van der Waals surface area contributed by atoms with E-state index in [1.54, 1.807) is 6.07 Å². The Balaban J connectivity index is 2.88. The topological polar surface area (TPSA) is 0 Å². The zero-order valence-electron chi connectivity index (χ0n) is 8.23. The van der Waals surface area contributed by atoms with Crippen LogP contribution in [-0.2, 0) is 0 Å². The van der Waals surface area contributed by atoms with Crippen molar-refractivity contribution in [2.75, 3.05) is 0 Å². The summed E-state index contributed by atoms with van der Waals surface area (Å²) in [6, 6.07) is 5.00. The van der Waals surface area contributed by atoms with E-state index < -0.39 is 0 Å². The van der Waals surface area contributed by atoms with Crippen LogP contribution >= 0.6 is 27.5 Å². The first-order chi connectivity index (χ1) is 6.50. The van der Waals surface area contributed by atoms with E-state index in [0.717, 1.165) is 16.5 Å². The molecule has 0 bridgehead atoms. The molecule has 1 aromatic rings. The average Bonchev–Trinajstić information content (AvgIpc) is 2.08. The minimum Gasteiger partial charge on any atom is -0.207 e. The van der Waals surface area contributed by atoms with Crippen LogP contribution in [0.1, 0.15) is 31.7 Å². The summed E-state index contributed by atoms with van der Waals surface area (Å²) in [5.41, 5.74) is 0.729. The second-order valence-corrected chi connectivity index (χ2v) is 5.24. The van der Waals surface area contributed by atoms with Gasteiger partial charge in [-0.3, -0.25) is 0 Å². The van der Waals surface area contributed by atoms with Gasteiger partial charge < -0.3 is 0 Å². The van der Waals surface area contributed by atoms with Crippen LogP contribution in [0.3, 0.4) is 0 Å². The quantitative estimate of drug-likeness (QED) is 0.703. The largest absolute Gasteiger partial charge is 0.207 e. The van der Waals surface area contributed by atoms with Gasteiger partial charge in [0.1, 0.15) is 5.82 Å². The van der Waals surface area contributed by atoms with Crippen LogP contribution < -0.4 is 0 Å². The second-order valence-electron chi connectivity index (χ2n) is 3.58. The highest BCUT2D eigenvalue weighted by Gasteiger charge is 2.13. The maximum absolute atomic E-state index is 13.4. The van der Waals surface area contributed by atoms with Crippen LogP contribution in [0.5, 0.6) is 0 Å². The third kappa shape index (κ3) is 3.25. The molecule has 3 heteroatoms. The van der Waals surface area contributed by atoms with Crippen molar-refractivity contribution in [3.63, 3.8) is 0 Å². The lowest BCUT2D eigenvalue weighted by molar-refractivity contribution is 0.572. The molecule has 1 rings (SSSR count). The van der Waals surface area contributed by atoms with E-state index in [-0.39, 0.29) is 17.1 Å². The van der Waals surface area contributed by atoms with Gasteiger partial charge >= 0.3 is 0 Å². The van der Waals surface area contributed by atoms with Crippen molar-refractivity contribution >= 4 is 27.5 Å². The monoisotopic (exact) mass is 278 g/mol. The Labute approximate surface area is 97.6 Å². The van der Waals surface area contributed by atoms with E-state index >= 15 is 0 Å². The highest BCUT2D eigenvalue weighted by Crippen LogP contribution is 2.27. The molecule has 0 aliphatic heterocycles. The predicted molar refractivity (Wildman–Crippen MR) is 62.4 cm³/mol. The highest BCUT2D eigenvalue weighted by atomic mass is 79.9. The van der Waals surface area contributed by atoms with Crippen LogP contribution in [0, 0.1) is 5.82 Å². The average molecular weight is 280 g/mol. The molecule has 0 spiro atoms. The van der Waals surface area contributed by atoms with E-state index in [1.165, 1.54) is 6.07 Å². The molecule has 2 atom stereocenters. The van der Waals surface area contributed by atoms with Gasteiger partial charge in [0.2, 0.25) is 0 Å². The van der Waals surface area contributed by atoms with Gasteiger partial charge in [-0.1, -0.05) is 22.9 Å². The van der Waals surface area contributed by atoms with Gasteiger partial charge in [-0.15, -0.1) is 11.6 Å². The van der Waals surface area contributed by atoms with E-state index in [9.17, 15) is 4.39 Å². The van der Waals surface area contributed by atoms with Crippen LogP contribution in [0.15, 0.2) is 22.7 Å². The Morgan fingerprint density at radius 3 is 2.64 bits per heavy atom. The van der Waals surface area contributed by atoms with E-state index in [2.05, 4.69) is 15.9 Å². The molecule has 0 radical (unpaired) electrons. The maximum atomic E-state index is 13.4. The summed E-state index contributed by atoms with van der Waals surface area (Å²) < 4.78 is 14.3. The van der Waals surface area contributed by atoms with Crippen molar-refractivity contribution in [3.8, 4) is 0 Å². The first-order valence-electron chi connectivity index (χ1n) is 4.59. The molecule has 0 saturated heterocycles. The Kier molecular flexibility index (Phi) is 4.39. The fraction of sp³-hybridized carbons (Fsp3) is 0.455. The fourth-order valence-corrected chi connectivity index (χ4v) is 2.15. The SMILES string of the molecule is CC(Cl)CC(C)c1cc(Br)ccc1F. The van der Waals surface area contributed by atoms with Crippen molar-refractivity contribution in [3.05, 3.63) is 34.1 Å². The van der Waals surface area contributed by atoms with E-state index in [1.807, 2.05) is 19.9 Å². The molecule has 0 saturated carbocycles. The minimum absolute atomic E-state index is 0.0726. The minimum atomic E-state index is -0.155. The number of halogens is 3. The highest BCUT2D eigenvalue weighted by molar-refractivity contribution is 9.10. The summed E-state index contributed by atoms with van der Waals surface area (Å²) in [5.74, 6) is -0.00184. The van der Waals surface area contributed by atoms with E-state index in [0.29, 0.717) is 0 Å². The van der Waals surface area contributed by atoms with Crippen molar-refractivity contribution in [1.82, 2.24) is 0 Å². The molecule has 78 valence electrons. The van der Waals surface area contributed by atoms with Gasteiger partial charge in [-0.05, 0) is 43.0 Å². The molecule has 0 aromatic heterocycles. The molecular weight excluding hydrogens is 266 g/mol. The number of alkyl halides is 1. The molecule has 0 fully saturated rings. The summed E-state index contributed by atoms with van der Waals surface area (Å²) in [4.78, 5) is 0. The molecule has 0 heterocycles. The lowest BCUT2D eigenvalue weighted by Gasteiger charge is -2.14. The van der Waals surface area contributed by atoms with E-state index in [4.69, 9.17) is 11.6 Å². The van der Waals surface area contributed by atoms with Crippen molar-refractivity contribution in [2.45, 2.75) is 31.6 Å². The maximum Gasteiger partial charge on any atom is 0.126 e. The predicted octanol–water partition coefficient (Wildman–Crippen LogP) is 4.71. The van der Waals surface area contributed by atoms with Crippen molar-refractivity contribution in [1.29, 1.82) is 0 Å². The summed E-state index contributed by atoms with van der Waals surface area (Å²) in [6.45, 7) is 3.91. The van der Waals surface area contributed by atoms with Gasteiger partial charge in [0.25, 0.3) is 0 Å². The Morgan fingerprint density at radius 2 is 2.07 bits per heavy atom. The normalized spacial score (nSPS) is 15.2. The first-order valence-corrected chi connectivity index (χ1v) is 5.82. The first kappa shape index (κ1) is 12.0. The Morgan fingerprint density at radius 1 is 1.43 bits per heavy atom. The smallest absolute Gasteiger partial charge is 0.126 e. The molecule has 1 aromatic carbocycles. The fourth-order valence-electron chi connectivity index (χ4n) is 1.51. The molecular formula is C11H13BrClF. The van der Waals surface area contributed by atoms with Crippen LogP contribution in [0.2, 0.25) is 0 Å². The number of rotatable bonds is 3. The van der Waals surface area contributed by atoms with Crippen molar-refractivity contribution in [2.24, 2.45) is 0 Å². The van der Waals surface area contributed by atoms with Crippen LogP contribution in [0.4, 0.5) is 4.39 Å². The molecule has 0 aliphatic carbocycles. The van der Waals surface area contributed by atoms with Crippen molar-refractivity contribution < 1.29 is 4.39 Å². The standard InChI is InChI=1S/C11H13BrClF/c1-7(5-8(2)13)10-6-9(12)3-4-11(10)14/h3-4,6-8H,5H2,1-2H3. The second kappa shape index (κ2) is 5.13. The van der Waals surface area contributed by atoms with Gasteiger partial charge in [-0.2, -0.15) is 0 Å². The van der Waals surface area contributed by atoms with Crippen LogP contribution in [-0.4, -0.2) is 5.38 Å². The molecule has 0 aliphatic rings. The van der Waals surface area contributed by atoms with Gasteiger partial charge in [-0.25, -0.2) is 4.39 Å². The van der Waals surface area contributed by atoms with Gasteiger partial charge in [0.05, 0.1) is 0 Å². The summed E-state index contributed by atoms with van der Waals surface area (Å²) in [5, 5.41) is 0.0726. The third-order valence-corrected chi connectivity index (χ3v) is 2.84. The molecule has 0 nitrogen and oxygen atoms in total. The number of hydrogen-bond acceptors (Lipinski definition) is 0. The molecule has 14 heavy (non-hydrogen) atoms. The summed E-state index contributed by atoms with van der Waals surface area (Å²) in [6.07, 6.45) is 0.787. The van der Waals surface area contributed by atoms with Crippen LogP contribution in [0.25, 0.3) is 0 Å². The zero-order valence-corrected chi connectivity index (χ0v) is 10.6. The molecule has 0 amide bonds. The summed E-state index contributed by atoms with van der Waals surface area (Å²) >= 11 is 9.21. The Bertz CT molecular complexity index is 312. The number of benzene rings is 1. The third-order valence-electron chi connectivity index (χ3n) is 2.17. The van der Waals surface area contributed by atoms with Gasteiger partial charge in [0.15, 0.2) is 0 Å². The lowest BCUT2D eigenvalue weighted by Crippen LogP contribution is -2.03. The number of hydrogen-bond donors (Lipinski definition) is 0. The molecule has 2 unspecified atom stereocenters.